The Balaban J connectivity index is 1.72. The molecule has 1 saturated heterocycles. The Morgan fingerprint density at radius 3 is 2.77 bits per heavy atom. The van der Waals surface area contributed by atoms with E-state index >= 15 is 0 Å². The number of aryl methyl sites for hydroxylation is 2. The quantitative estimate of drug-likeness (QED) is 0.834. The lowest BCUT2D eigenvalue weighted by atomic mass is 10.1. The fraction of sp³-hybridized carbons (Fsp3) is 0.556. The van der Waals surface area contributed by atoms with Gasteiger partial charge in [0.15, 0.2) is 0 Å². The third-order valence-corrected chi connectivity index (χ3v) is 4.99. The van der Waals surface area contributed by atoms with E-state index in [1.165, 1.54) is 5.56 Å². The maximum atomic E-state index is 11.9. The predicted octanol–water partition coefficient (Wildman–Crippen LogP) is 1.12. The number of hydrogen-bond donors (Lipinski definition) is 2. The highest BCUT2D eigenvalue weighted by Gasteiger charge is 2.27. The summed E-state index contributed by atoms with van der Waals surface area (Å²) in [7, 11) is 3.52. The molecule has 3 heterocycles. The first-order valence-corrected chi connectivity index (χ1v) is 8.96. The SMILES string of the molecule is CNC(=O)c1nc(C)c(C)c(N2CC[C@@H](NC(C)c3cnn(C)c3)C2)n1. The van der Waals surface area contributed by atoms with Crippen molar-refractivity contribution < 1.29 is 4.79 Å². The van der Waals surface area contributed by atoms with Crippen LogP contribution in [-0.2, 0) is 7.05 Å². The number of hydrogen-bond acceptors (Lipinski definition) is 6. The molecule has 2 aromatic heterocycles. The van der Waals surface area contributed by atoms with Crippen LogP contribution in [0.2, 0.25) is 0 Å². The lowest BCUT2D eigenvalue weighted by Crippen LogP contribution is -2.35. The molecule has 0 aliphatic carbocycles. The number of rotatable bonds is 5. The van der Waals surface area contributed by atoms with Gasteiger partial charge in [0.2, 0.25) is 5.82 Å². The summed E-state index contributed by atoms with van der Waals surface area (Å²) in [5.74, 6) is 0.827. The van der Waals surface area contributed by atoms with Crippen molar-refractivity contribution in [1.29, 1.82) is 0 Å². The second-order valence-corrected chi connectivity index (χ2v) is 6.93. The molecule has 140 valence electrons. The first kappa shape index (κ1) is 18.3. The molecule has 8 nitrogen and oxygen atoms in total. The van der Waals surface area contributed by atoms with E-state index in [1.807, 2.05) is 38.0 Å². The minimum absolute atomic E-state index is 0.228. The molecule has 3 rings (SSSR count). The Hall–Kier alpha value is -2.48. The van der Waals surface area contributed by atoms with Crippen LogP contribution in [-0.4, -0.2) is 51.8 Å². The number of carbonyl (C=O) groups excluding carboxylic acids is 1. The number of aromatic nitrogens is 4. The van der Waals surface area contributed by atoms with E-state index in [9.17, 15) is 4.79 Å². The summed E-state index contributed by atoms with van der Waals surface area (Å²) in [4.78, 5) is 23.0. The van der Waals surface area contributed by atoms with Crippen LogP contribution >= 0.6 is 0 Å². The molecule has 26 heavy (non-hydrogen) atoms. The summed E-state index contributed by atoms with van der Waals surface area (Å²) in [5, 5.41) is 10.5. The van der Waals surface area contributed by atoms with Gasteiger partial charge in [-0.15, -0.1) is 0 Å². The molecule has 1 aliphatic heterocycles. The van der Waals surface area contributed by atoms with E-state index < -0.39 is 0 Å². The van der Waals surface area contributed by atoms with Crippen molar-refractivity contribution >= 4 is 11.7 Å². The van der Waals surface area contributed by atoms with Crippen LogP contribution in [0.5, 0.6) is 0 Å². The molecule has 2 aromatic rings. The Morgan fingerprint density at radius 1 is 1.35 bits per heavy atom. The zero-order valence-electron chi connectivity index (χ0n) is 16.1. The van der Waals surface area contributed by atoms with Crippen LogP contribution < -0.4 is 15.5 Å². The van der Waals surface area contributed by atoms with Gasteiger partial charge in [-0.1, -0.05) is 0 Å². The highest BCUT2D eigenvalue weighted by molar-refractivity contribution is 5.90. The van der Waals surface area contributed by atoms with Crippen molar-refractivity contribution in [3.8, 4) is 0 Å². The van der Waals surface area contributed by atoms with E-state index in [-0.39, 0.29) is 17.8 Å². The Morgan fingerprint density at radius 2 is 2.12 bits per heavy atom. The smallest absolute Gasteiger partial charge is 0.288 e. The minimum Gasteiger partial charge on any atom is -0.355 e. The van der Waals surface area contributed by atoms with Gasteiger partial charge in [0.05, 0.1) is 6.20 Å². The summed E-state index contributed by atoms with van der Waals surface area (Å²) in [6.07, 6.45) is 4.97. The molecule has 0 spiro atoms. The van der Waals surface area contributed by atoms with E-state index in [4.69, 9.17) is 0 Å². The standard InChI is InChI=1S/C18H27N7O/c1-11-12(2)22-16(18(26)19-4)23-17(11)25-7-6-15(10-25)21-13(3)14-8-20-24(5)9-14/h8-9,13,15,21H,6-7,10H2,1-5H3,(H,19,26)/t13?,15-/m1/s1. The van der Waals surface area contributed by atoms with Crippen LogP contribution in [0.3, 0.4) is 0 Å². The molecule has 8 heteroatoms. The van der Waals surface area contributed by atoms with Crippen LogP contribution in [0.15, 0.2) is 12.4 Å². The van der Waals surface area contributed by atoms with Gasteiger partial charge in [-0.2, -0.15) is 5.10 Å². The van der Waals surface area contributed by atoms with Crippen molar-refractivity contribution in [1.82, 2.24) is 30.4 Å². The van der Waals surface area contributed by atoms with Crippen LogP contribution in [0.25, 0.3) is 0 Å². The highest BCUT2D eigenvalue weighted by Crippen LogP contribution is 2.25. The van der Waals surface area contributed by atoms with Crippen LogP contribution in [0.1, 0.15) is 46.8 Å². The van der Waals surface area contributed by atoms with Crippen LogP contribution in [0.4, 0.5) is 5.82 Å². The molecule has 1 unspecified atom stereocenters. The molecule has 2 atom stereocenters. The third-order valence-electron chi connectivity index (χ3n) is 4.99. The van der Waals surface area contributed by atoms with Gasteiger partial charge in [-0.25, -0.2) is 9.97 Å². The van der Waals surface area contributed by atoms with E-state index in [2.05, 4.69) is 37.5 Å². The average Bonchev–Trinajstić information content (AvgIpc) is 3.25. The van der Waals surface area contributed by atoms with Gasteiger partial charge >= 0.3 is 0 Å². The molecule has 1 aliphatic rings. The summed E-state index contributed by atoms with van der Waals surface area (Å²) < 4.78 is 1.82. The molecular formula is C18H27N7O. The maximum absolute atomic E-state index is 11.9. The summed E-state index contributed by atoms with van der Waals surface area (Å²) in [5.41, 5.74) is 3.05. The summed E-state index contributed by atoms with van der Waals surface area (Å²) in [6, 6.07) is 0.603. The van der Waals surface area contributed by atoms with Crippen molar-refractivity contribution in [2.75, 3.05) is 25.0 Å². The van der Waals surface area contributed by atoms with Gasteiger partial charge in [0.25, 0.3) is 5.91 Å². The Kier molecular flexibility index (Phi) is 5.22. The molecule has 0 aromatic carbocycles. The molecule has 1 fully saturated rings. The fourth-order valence-corrected chi connectivity index (χ4v) is 3.34. The highest BCUT2D eigenvalue weighted by atomic mass is 16.2. The second-order valence-electron chi connectivity index (χ2n) is 6.93. The van der Waals surface area contributed by atoms with Crippen molar-refractivity contribution in [2.45, 2.75) is 39.3 Å². The van der Waals surface area contributed by atoms with Crippen molar-refractivity contribution in [2.24, 2.45) is 7.05 Å². The number of nitrogens with zero attached hydrogens (tertiary/aromatic N) is 5. The van der Waals surface area contributed by atoms with Crippen molar-refractivity contribution in [3.05, 3.63) is 35.0 Å². The predicted molar refractivity (Wildman–Crippen MR) is 100 cm³/mol. The number of anilines is 1. The van der Waals surface area contributed by atoms with E-state index in [0.717, 1.165) is 36.6 Å². The first-order valence-electron chi connectivity index (χ1n) is 8.96. The van der Waals surface area contributed by atoms with Gasteiger partial charge in [0.1, 0.15) is 5.82 Å². The van der Waals surface area contributed by atoms with Gasteiger partial charge in [-0.05, 0) is 27.2 Å². The monoisotopic (exact) mass is 357 g/mol. The molecule has 1 amide bonds. The lowest BCUT2D eigenvalue weighted by Gasteiger charge is -2.22. The van der Waals surface area contributed by atoms with E-state index in [1.54, 1.807) is 7.05 Å². The molecule has 0 saturated carbocycles. The normalized spacial score (nSPS) is 18.2. The third kappa shape index (κ3) is 3.70. The molecular weight excluding hydrogens is 330 g/mol. The molecule has 0 bridgehead atoms. The Labute approximate surface area is 154 Å². The molecule has 2 N–H and O–H groups in total. The average molecular weight is 357 g/mol. The van der Waals surface area contributed by atoms with E-state index in [0.29, 0.717) is 6.04 Å². The maximum Gasteiger partial charge on any atom is 0.288 e. The van der Waals surface area contributed by atoms with Gasteiger partial charge in [-0.3, -0.25) is 9.48 Å². The van der Waals surface area contributed by atoms with Crippen LogP contribution in [0, 0.1) is 13.8 Å². The largest absolute Gasteiger partial charge is 0.355 e. The number of amides is 1. The topological polar surface area (TPSA) is 88.0 Å². The zero-order chi connectivity index (χ0) is 18.8. The lowest BCUT2D eigenvalue weighted by molar-refractivity contribution is 0.0952. The fourth-order valence-electron chi connectivity index (χ4n) is 3.34. The molecule has 0 radical (unpaired) electrons. The zero-order valence-corrected chi connectivity index (χ0v) is 16.1. The minimum atomic E-state index is -0.256. The second kappa shape index (κ2) is 7.41. The first-order chi connectivity index (χ1) is 12.4. The number of carbonyl (C=O) groups is 1. The summed E-state index contributed by atoms with van der Waals surface area (Å²) >= 11 is 0. The van der Waals surface area contributed by atoms with Gasteiger partial charge in [0, 0.05) is 62.3 Å². The summed E-state index contributed by atoms with van der Waals surface area (Å²) in [6.45, 7) is 7.85. The van der Waals surface area contributed by atoms with Crippen molar-refractivity contribution in [3.63, 3.8) is 0 Å². The van der Waals surface area contributed by atoms with Gasteiger partial charge < -0.3 is 15.5 Å². The Bertz CT molecular complexity index is 801. The number of nitrogens with one attached hydrogen (secondary N) is 2.